The minimum absolute atomic E-state index is 0.00118. The lowest BCUT2D eigenvalue weighted by Gasteiger charge is -2.41. The Bertz CT molecular complexity index is 202. The number of allylic oxidation sites excluding steroid dienone is 2. The maximum atomic E-state index is 10.4. The van der Waals surface area contributed by atoms with Gasteiger partial charge in [0.1, 0.15) is 0 Å². The fourth-order valence-corrected chi connectivity index (χ4v) is 2.70. The highest BCUT2D eigenvalue weighted by Gasteiger charge is 2.43. The SMILES string of the molecule is CCCC1(C(O)C(C)(C)C)CC=CC1. The normalized spacial score (nSPS) is 22.6. The van der Waals surface area contributed by atoms with Crippen LogP contribution in [0.25, 0.3) is 0 Å². The van der Waals surface area contributed by atoms with Gasteiger partial charge in [0.05, 0.1) is 6.10 Å². The molecule has 0 aliphatic heterocycles. The summed E-state index contributed by atoms with van der Waals surface area (Å²) in [6, 6.07) is 0. The van der Waals surface area contributed by atoms with Crippen molar-refractivity contribution in [2.75, 3.05) is 0 Å². The molecule has 0 bridgehead atoms. The number of aliphatic hydroxyl groups excluding tert-OH is 1. The molecule has 0 spiro atoms. The Morgan fingerprint density at radius 2 is 1.79 bits per heavy atom. The van der Waals surface area contributed by atoms with E-state index in [0.717, 1.165) is 25.7 Å². The number of hydrogen-bond donors (Lipinski definition) is 1. The number of hydrogen-bond acceptors (Lipinski definition) is 1. The highest BCUT2D eigenvalue weighted by atomic mass is 16.3. The minimum Gasteiger partial charge on any atom is -0.392 e. The minimum atomic E-state index is -0.190. The average Bonchev–Trinajstić information content (AvgIpc) is 2.52. The van der Waals surface area contributed by atoms with Gasteiger partial charge in [0.2, 0.25) is 0 Å². The van der Waals surface area contributed by atoms with Gasteiger partial charge in [-0.05, 0) is 24.7 Å². The zero-order valence-electron chi connectivity index (χ0n) is 10.0. The highest BCUT2D eigenvalue weighted by Crippen LogP contribution is 2.46. The maximum absolute atomic E-state index is 10.4. The van der Waals surface area contributed by atoms with Gasteiger partial charge in [-0.3, -0.25) is 0 Å². The topological polar surface area (TPSA) is 20.2 Å². The molecule has 1 nitrogen and oxygen atoms in total. The first-order valence-corrected chi connectivity index (χ1v) is 5.75. The second-order valence-electron chi connectivity index (χ2n) is 5.76. The molecule has 1 N–H and O–H groups in total. The van der Waals surface area contributed by atoms with Gasteiger partial charge in [0.25, 0.3) is 0 Å². The van der Waals surface area contributed by atoms with E-state index in [0.29, 0.717) is 0 Å². The maximum Gasteiger partial charge on any atom is 0.0650 e. The molecule has 0 saturated carbocycles. The zero-order valence-corrected chi connectivity index (χ0v) is 10.0. The standard InChI is InChI=1S/C13H24O/c1-5-8-13(9-6-7-10-13)11(14)12(2,3)4/h6-7,11,14H,5,8-10H2,1-4H3. The van der Waals surface area contributed by atoms with E-state index in [2.05, 4.69) is 39.8 Å². The van der Waals surface area contributed by atoms with Crippen LogP contribution in [0.15, 0.2) is 12.2 Å². The first-order valence-electron chi connectivity index (χ1n) is 5.75. The van der Waals surface area contributed by atoms with Crippen LogP contribution in [0.3, 0.4) is 0 Å². The van der Waals surface area contributed by atoms with Crippen LogP contribution in [0.1, 0.15) is 53.4 Å². The molecule has 0 saturated heterocycles. The van der Waals surface area contributed by atoms with Gasteiger partial charge in [-0.2, -0.15) is 0 Å². The van der Waals surface area contributed by atoms with E-state index >= 15 is 0 Å². The van der Waals surface area contributed by atoms with Crippen LogP contribution < -0.4 is 0 Å². The quantitative estimate of drug-likeness (QED) is 0.685. The Hall–Kier alpha value is -0.300. The summed E-state index contributed by atoms with van der Waals surface area (Å²) in [5.41, 5.74) is 0.133. The molecule has 0 aromatic rings. The molecule has 1 atom stereocenters. The average molecular weight is 196 g/mol. The predicted molar refractivity (Wildman–Crippen MR) is 61.2 cm³/mol. The molecule has 0 amide bonds. The van der Waals surface area contributed by atoms with Crippen LogP contribution >= 0.6 is 0 Å². The highest BCUT2D eigenvalue weighted by molar-refractivity contribution is 5.07. The van der Waals surface area contributed by atoms with Gasteiger partial charge in [0, 0.05) is 5.41 Å². The van der Waals surface area contributed by atoms with Crippen LogP contribution in [0.2, 0.25) is 0 Å². The third kappa shape index (κ3) is 2.20. The molecule has 0 aromatic heterocycles. The zero-order chi connectivity index (χ0) is 10.8. The molecule has 1 rings (SSSR count). The predicted octanol–water partition coefficient (Wildman–Crippen LogP) is 3.53. The van der Waals surface area contributed by atoms with Crippen LogP contribution in [0, 0.1) is 10.8 Å². The van der Waals surface area contributed by atoms with Gasteiger partial charge in [0.15, 0.2) is 0 Å². The molecule has 1 aliphatic rings. The number of rotatable bonds is 3. The second kappa shape index (κ2) is 4.06. The van der Waals surface area contributed by atoms with Crippen molar-refractivity contribution in [1.82, 2.24) is 0 Å². The van der Waals surface area contributed by atoms with E-state index in [1.54, 1.807) is 0 Å². The molecule has 1 unspecified atom stereocenters. The summed E-state index contributed by atoms with van der Waals surface area (Å²) in [5.74, 6) is 0. The molecular formula is C13H24O. The second-order valence-corrected chi connectivity index (χ2v) is 5.76. The fraction of sp³-hybridized carbons (Fsp3) is 0.846. The van der Waals surface area contributed by atoms with Crippen LogP contribution in [0.5, 0.6) is 0 Å². The van der Waals surface area contributed by atoms with E-state index in [-0.39, 0.29) is 16.9 Å². The first kappa shape index (κ1) is 11.8. The van der Waals surface area contributed by atoms with Crippen molar-refractivity contribution in [3.63, 3.8) is 0 Å². The third-order valence-corrected chi connectivity index (χ3v) is 3.36. The van der Waals surface area contributed by atoms with E-state index in [1.807, 2.05) is 0 Å². The van der Waals surface area contributed by atoms with Gasteiger partial charge in [-0.1, -0.05) is 46.3 Å². The molecule has 14 heavy (non-hydrogen) atoms. The van der Waals surface area contributed by atoms with Crippen molar-refractivity contribution in [3.05, 3.63) is 12.2 Å². The molecule has 1 heteroatoms. The van der Waals surface area contributed by atoms with Gasteiger partial charge < -0.3 is 5.11 Å². The molecule has 0 aromatic carbocycles. The number of aliphatic hydroxyl groups is 1. The Balaban J connectivity index is 2.78. The lowest BCUT2D eigenvalue weighted by molar-refractivity contribution is -0.0497. The van der Waals surface area contributed by atoms with Crippen molar-refractivity contribution in [3.8, 4) is 0 Å². The summed E-state index contributed by atoms with van der Waals surface area (Å²) in [6.07, 6.45) is 8.67. The van der Waals surface area contributed by atoms with Gasteiger partial charge >= 0.3 is 0 Å². The summed E-state index contributed by atoms with van der Waals surface area (Å²) in [4.78, 5) is 0. The first-order chi connectivity index (χ1) is 6.42. The summed E-state index contributed by atoms with van der Waals surface area (Å²) in [7, 11) is 0. The Morgan fingerprint density at radius 1 is 1.29 bits per heavy atom. The van der Waals surface area contributed by atoms with E-state index < -0.39 is 0 Å². The lowest BCUT2D eigenvalue weighted by atomic mass is 9.67. The summed E-state index contributed by atoms with van der Waals surface area (Å²) < 4.78 is 0. The Kier molecular flexibility index (Phi) is 3.41. The third-order valence-electron chi connectivity index (χ3n) is 3.36. The smallest absolute Gasteiger partial charge is 0.0650 e. The van der Waals surface area contributed by atoms with Crippen molar-refractivity contribution in [2.45, 2.75) is 59.5 Å². The van der Waals surface area contributed by atoms with Crippen LogP contribution in [-0.4, -0.2) is 11.2 Å². The van der Waals surface area contributed by atoms with Crippen molar-refractivity contribution in [1.29, 1.82) is 0 Å². The molecule has 0 heterocycles. The summed E-state index contributed by atoms with van der Waals surface area (Å²) >= 11 is 0. The largest absolute Gasteiger partial charge is 0.392 e. The molecular weight excluding hydrogens is 172 g/mol. The molecule has 0 radical (unpaired) electrons. The van der Waals surface area contributed by atoms with Crippen molar-refractivity contribution in [2.24, 2.45) is 10.8 Å². The Labute approximate surface area is 88.2 Å². The van der Waals surface area contributed by atoms with Gasteiger partial charge in [-0.25, -0.2) is 0 Å². The summed E-state index contributed by atoms with van der Waals surface area (Å²) in [5, 5.41) is 10.4. The monoisotopic (exact) mass is 196 g/mol. The molecule has 1 aliphatic carbocycles. The fourth-order valence-electron chi connectivity index (χ4n) is 2.70. The molecule has 0 fully saturated rings. The molecule has 82 valence electrons. The summed E-state index contributed by atoms with van der Waals surface area (Å²) in [6.45, 7) is 8.60. The van der Waals surface area contributed by atoms with E-state index in [9.17, 15) is 5.11 Å². The van der Waals surface area contributed by atoms with Gasteiger partial charge in [-0.15, -0.1) is 0 Å². The van der Waals surface area contributed by atoms with E-state index in [1.165, 1.54) is 0 Å². The van der Waals surface area contributed by atoms with Crippen LogP contribution in [0.4, 0.5) is 0 Å². The van der Waals surface area contributed by atoms with Crippen molar-refractivity contribution < 1.29 is 5.11 Å². The lowest BCUT2D eigenvalue weighted by Crippen LogP contribution is -2.42. The van der Waals surface area contributed by atoms with Crippen molar-refractivity contribution >= 4 is 0 Å². The van der Waals surface area contributed by atoms with Crippen LogP contribution in [-0.2, 0) is 0 Å². The van der Waals surface area contributed by atoms with E-state index in [4.69, 9.17) is 0 Å². The Morgan fingerprint density at radius 3 is 2.14 bits per heavy atom.